The van der Waals surface area contributed by atoms with Crippen LogP contribution in [0.25, 0.3) is 0 Å². The van der Waals surface area contributed by atoms with Crippen molar-refractivity contribution in [3.63, 3.8) is 0 Å². The van der Waals surface area contributed by atoms with Crippen molar-refractivity contribution in [2.45, 2.75) is 18.6 Å². The highest BCUT2D eigenvalue weighted by Crippen LogP contribution is 2.17. The molecule has 0 aliphatic rings. The van der Waals surface area contributed by atoms with Crippen molar-refractivity contribution in [3.05, 3.63) is 18.0 Å². The molecule has 0 bridgehead atoms. The molecular weight excluding hydrogens is 193 g/mol. The Kier molecular flexibility index (Phi) is 2.62. The largest absolute Gasteiger partial charge is 0.408 e. The van der Waals surface area contributed by atoms with Crippen LogP contribution in [0.3, 0.4) is 0 Å². The molecule has 2 nitrogen and oxygen atoms in total. The molecule has 6 heteroatoms. The minimum absolute atomic E-state index is 0.178. The number of aromatic nitrogens is 2. The van der Waals surface area contributed by atoms with Gasteiger partial charge in [-0.3, -0.25) is 4.68 Å². The lowest BCUT2D eigenvalue weighted by atomic mass is 10.4. The lowest BCUT2D eigenvalue weighted by Crippen LogP contribution is -2.17. The first-order valence-corrected chi connectivity index (χ1v) is 3.69. The molecule has 0 aromatic carbocycles. The van der Waals surface area contributed by atoms with Gasteiger partial charge in [0.1, 0.15) is 6.54 Å². The zero-order chi connectivity index (χ0) is 9.19. The van der Waals surface area contributed by atoms with E-state index in [4.69, 9.17) is 11.6 Å². The average Bonchev–Trinajstić information content (AvgIpc) is 2.32. The average molecular weight is 199 g/mol. The third-order valence-corrected chi connectivity index (χ3v) is 1.49. The third kappa shape index (κ3) is 2.73. The van der Waals surface area contributed by atoms with Gasteiger partial charge in [-0.25, -0.2) is 0 Å². The molecule has 0 fully saturated rings. The van der Waals surface area contributed by atoms with Gasteiger partial charge >= 0.3 is 6.18 Å². The fraction of sp³-hybridized carbons (Fsp3) is 0.500. The first-order valence-electron chi connectivity index (χ1n) is 3.15. The van der Waals surface area contributed by atoms with Crippen LogP contribution >= 0.6 is 11.6 Å². The monoisotopic (exact) mass is 198 g/mol. The van der Waals surface area contributed by atoms with Crippen LogP contribution in [0, 0.1) is 0 Å². The molecule has 0 saturated heterocycles. The fourth-order valence-corrected chi connectivity index (χ4v) is 0.884. The molecule has 0 aliphatic heterocycles. The Morgan fingerprint density at radius 1 is 1.50 bits per heavy atom. The summed E-state index contributed by atoms with van der Waals surface area (Å²) in [5.41, 5.74) is 0.584. The normalized spacial score (nSPS) is 12.0. The molecule has 1 aromatic heterocycles. The van der Waals surface area contributed by atoms with Crippen molar-refractivity contribution in [2.75, 3.05) is 0 Å². The van der Waals surface area contributed by atoms with Crippen LogP contribution in [0.4, 0.5) is 13.2 Å². The summed E-state index contributed by atoms with van der Waals surface area (Å²) in [5, 5.41) is 3.48. The molecule has 0 spiro atoms. The Morgan fingerprint density at radius 2 is 2.17 bits per heavy atom. The highest BCUT2D eigenvalue weighted by atomic mass is 35.5. The second kappa shape index (κ2) is 3.35. The van der Waals surface area contributed by atoms with Gasteiger partial charge in [0.15, 0.2) is 0 Å². The van der Waals surface area contributed by atoms with Crippen molar-refractivity contribution in [3.8, 4) is 0 Å². The lowest BCUT2D eigenvalue weighted by molar-refractivity contribution is -0.142. The lowest BCUT2D eigenvalue weighted by Gasteiger charge is -2.04. The first-order chi connectivity index (χ1) is 5.51. The van der Waals surface area contributed by atoms with E-state index in [2.05, 4.69) is 5.10 Å². The van der Waals surface area contributed by atoms with Gasteiger partial charge in [0.25, 0.3) is 0 Å². The van der Waals surface area contributed by atoms with Crippen molar-refractivity contribution >= 4 is 11.6 Å². The number of alkyl halides is 4. The standard InChI is InChI=1S/C6H6ClF3N2/c7-1-5-2-11-12(3-5)4-6(8,9)10/h2-3H,1,4H2. The van der Waals surface area contributed by atoms with E-state index in [1.54, 1.807) is 0 Å². The molecule has 1 aromatic rings. The summed E-state index contributed by atoms with van der Waals surface area (Å²) in [7, 11) is 0. The maximum Gasteiger partial charge on any atom is 0.408 e. The van der Waals surface area contributed by atoms with Crippen LogP contribution in [0.5, 0.6) is 0 Å². The summed E-state index contributed by atoms with van der Waals surface area (Å²) in [6.07, 6.45) is -1.63. The van der Waals surface area contributed by atoms with E-state index < -0.39 is 12.7 Å². The predicted molar refractivity (Wildman–Crippen MR) is 37.8 cm³/mol. The van der Waals surface area contributed by atoms with Crippen LogP contribution in [0.1, 0.15) is 5.56 Å². The fourth-order valence-electron chi connectivity index (χ4n) is 0.746. The maximum absolute atomic E-state index is 11.8. The predicted octanol–water partition coefficient (Wildman–Crippen LogP) is 2.18. The van der Waals surface area contributed by atoms with Gasteiger partial charge in [-0.1, -0.05) is 0 Å². The molecule has 1 rings (SSSR count). The van der Waals surface area contributed by atoms with Gasteiger partial charge < -0.3 is 0 Å². The summed E-state index contributed by atoms with van der Waals surface area (Å²) in [6.45, 7) is -1.07. The number of halogens is 4. The van der Waals surface area contributed by atoms with Crippen LogP contribution < -0.4 is 0 Å². The number of hydrogen-bond donors (Lipinski definition) is 0. The van der Waals surface area contributed by atoms with Crippen molar-refractivity contribution < 1.29 is 13.2 Å². The molecule has 0 N–H and O–H groups in total. The molecule has 68 valence electrons. The van der Waals surface area contributed by atoms with Gasteiger partial charge in [-0.15, -0.1) is 11.6 Å². The van der Waals surface area contributed by atoms with E-state index in [0.717, 1.165) is 4.68 Å². The Hall–Kier alpha value is -0.710. The molecular formula is C6H6ClF3N2. The van der Waals surface area contributed by atoms with Crippen molar-refractivity contribution in [2.24, 2.45) is 0 Å². The highest BCUT2D eigenvalue weighted by Gasteiger charge is 2.28. The first kappa shape index (κ1) is 9.38. The number of hydrogen-bond acceptors (Lipinski definition) is 1. The van der Waals surface area contributed by atoms with E-state index in [1.165, 1.54) is 12.4 Å². The SMILES string of the molecule is FC(F)(F)Cn1cc(CCl)cn1. The topological polar surface area (TPSA) is 17.8 Å². The summed E-state index contributed by atoms with van der Waals surface area (Å²) >= 11 is 5.38. The second-order valence-electron chi connectivity index (χ2n) is 2.29. The molecule has 0 unspecified atom stereocenters. The quantitative estimate of drug-likeness (QED) is 0.666. The van der Waals surface area contributed by atoms with E-state index in [0.29, 0.717) is 5.56 Å². The molecule has 0 radical (unpaired) electrons. The van der Waals surface area contributed by atoms with E-state index >= 15 is 0 Å². The highest BCUT2D eigenvalue weighted by molar-refractivity contribution is 6.17. The van der Waals surface area contributed by atoms with Crippen molar-refractivity contribution in [1.29, 1.82) is 0 Å². The molecule has 0 aliphatic carbocycles. The zero-order valence-electron chi connectivity index (χ0n) is 5.98. The molecule has 0 atom stereocenters. The molecule has 0 saturated carbocycles. The summed E-state index contributed by atoms with van der Waals surface area (Å²) in [4.78, 5) is 0. The van der Waals surface area contributed by atoms with Gasteiger partial charge in [0, 0.05) is 11.8 Å². The Labute approximate surface area is 71.9 Å². The van der Waals surface area contributed by atoms with Gasteiger partial charge in [0.2, 0.25) is 0 Å². The van der Waals surface area contributed by atoms with Crippen LogP contribution in [-0.4, -0.2) is 16.0 Å². The number of rotatable bonds is 2. The molecule has 1 heterocycles. The molecule has 0 amide bonds. The smallest absolute Gasteiger partial charge is 0.263 e. The Balaban J connectivity index is 2.64. The van der Waals surface area contributed by atoms with Crippen LogP contribution in [-0.2, 0) is 12.4 Å². The summed E-state index contributed by atoms with van der Waals surface area (Å²) in [5.74, 6) is 0.178. The van der Waals surface area contributed by atoms with Crippen LogP contribution in [0.15, 0.2) is 12.4 Å². The van der Waals surface area contributed by atoms with E-state index in [1.807, 2.05) is 0 Å². The summed E-state index contributed by atoms with van der Waals surface area (Å²) < 4.78 is 36.1. The van der Waals surface area contributed by atoms with Gasteiger partial charge in [-0.05, 0) is 0 Å². The minimum Gasteiger partial charge on any atom is -0.263 e. The Morgan fingerprint density at radius 3 is 2.58 bits per heavy atom. The zero-order valence-corrected chi connectivity index (χ0v) is 6.73. The van der Waals surface area contributed by atoms with Gasteiger partial charge in [-0.2, -0.15) is 18.3 Å². The number of nitrogens with zero attached hydrogens (tertiary/aromatic N) is 2. The Bertz CT molecular complexity index is 256. The van der Waals surface area contributed by atoms with E-state index in [-0.39, 0.29) is 5.88 Å². The summed E-state index contributed by atoms with van der Waals surface area (Å²) in [6, 6.07) is 0. The second-order valence-corrected chi connectivity index (χ2v) is 2.56. The van der Waals surface area contributed by atoms with Crippen LogP contribution in [0.2, 0.25) is 0 Å². The maximum atomic E-state index is 11.8. The van der Waals surface area contributed by atoms with Crippen molar-refractivity contribution in [1.82, 2.24) is 9.78 Å². The van der Waals surface area contributed by atoms with E-state index in [9.17, 15) is 13.2 Å². The minimum atomic E-state index is -4.23. The van der Waals surface area contributed by atoms with Gasteiger partial charge in [0.05, 0.1) is 12.1 Å². The third-order valence-electron chi connectivity index (χ3n) is 1.18. The molecule has 12 heavy (non-hydrogen) atoms.